The fourth-order valence-electron chi connectivity index (χ4n) is 4.06. The van der Waals surface area contributed by atoms with Gasteiger partial charge in [0.05, 0.1) is 23.9 Å². The van der Waals surface area contributed by atoms with Crippen molar-refractivity contribution in [3.05, 3.63) is 78.0 Å². The van der Waals surface area contributed by atoms with E-state index in [9.17, 15) is 9.90 Å². The second-order valence-corrected chi connectivity index (χ2v) is 8.32. The van der Waals surface area contributed by atoms with E-state index in [0.717, 1.165) is 36.6 Å². The quantitative estimate of drug-likeness (QED) is 0.345. The number of hydrogen-bond donors (Lipinski definition) is 4. The van der Waals surface area contributed by atoms with Crippen LogP contribution in [-0.2, 0) is 0 Å². The fourth-order valence-corrected chi connectivity index (χ4v) is 4.06. The van der Waals surface area contributed by atoms with Crippen LogP contribution in [0, 0.1) is 0 Å². The molecular weight excluding hydrogens is 430 g/mol. The highest BCUT2D eigenvalue weighted by Crippen LogP contribution is 2.27. The molecule has 5 N–H and O–H groups in total. The van der Waals surface area contributed by atoms with Crippen molar-refractivity contribution in [1.82, 2.24) is 9.88 Å². The number of likely N-dealkylation sites (tertiary alicyclic amines) is 1. The van der Waals surface area contributed by atoms with Gasteiger partial charge < -0.3 is 26.2 Å². The van der Waals surface area contributed by atoms with Crippen molar-refractivity contribution >= 4 is 23.1 Å². The van der Waals surface area contributed by atoms with Gasteiger partial charge in [0.1, 0.15) is 18.2 Å². The number of carbonyl (C=O) groups is 1. The van der Waals surface area contributed by atoms with E-state index >= 15 is 0 Å². The Labute approximate surface area is 199 Å². The van der Waals surface area contributed by atoms with Crippen LogP contribution in [0.1, 0.15) is 34.8 Å². The molecule has 2 aromatic carbocycles. The molecule has 0 bridgehead atoms. The molecule has 34 heavy (non-hydrogen) atoms. The SMILES string of the molecule is NC(=O)c1cnc(Nc2cccc(OCCN3CCCC3)c2)cc1NC(CO)c1ccccc1. The lowest BCUT2D eigenvalue weighted by molar-refractivity contribution is 0.100. The number of benzene rings is 2. The first kappa shape index (κ1) is 23.5. The maximum atomic E-state index is 12.0. The Bertz CT molecular complexity index is 1090. The summed E-state index contributed by atoms with van der Waals surface area (Å²) in [6.07, 6.45) is 3.97. The van der Waals surface area contributed by atoms with E-state index in [1.54, 1.807) is 6.07 Å². The van der Waals surface area contributed by atoms with Crippen LogP contribution in [0.5, 0.6) is 5.75 Å². The van der Waals surface area contributed by atoms with E-state index in [1.165, 1.54) is 19.0 Å². The van der Waals surface area contributed by atoms with Crippen molar-refractivity contribution in [3.8, 4) is 5.75 Å². The Morgan fingerprint density at radius 2 is 1.91 bits per heavy atom. The van der Waals surface area contributed by atoms with Crippen LogP contribution in [0.25, 0.3) is 0 Å². The van der Waals surface area contributed by atoms with Crippen molar-refractivity contribution in [2.24, 2.45) is 5.73 Å². The molecule has 0 aliphatic carbocycles. The van der Waals surface area contributed by atoms with E-state index in [1.807, 2.05) is 54.6 Å². The van der Waals surface area contributed by atoms with E-state index in [2.05, 4.69) is 20.5 Å². The van der Waals surface area contributed by atoms with Crippen molar-refractivity contribution in [2.75, 3.05) is 43.5 Å². The molecule has 1 amide bonds. The number of hydrogen-bond acceptors (Lipinski definition) is 7. The summed E-state index contributed by atoms with van der Waals surface area (Å²) < 4.78 is 5.93. The van der Waals surface area contributed by atoms with Gasteiger partial charge in [-0.05, 0) is 43.6 Å². The number of nitrogens with zero attached hydrogens (tertiary/aromatic N) is 2. The summed E-state index contributed by atoms with van der Waals surface area (Å²) in [5, 5.41) is 16.4. The minimum absolute atomic E-state index is 0.149. The maximum absolute atomic E-state index is 12.0. The highest BCUT2D eigenvalue weighted by atomic mass is 16.5. The third-order valence-corrected chi connectivity index (χ3v) is 5.87. The lowest BCUT2D eigenvalue weighted by Crippen LogP contribution is -2.25. The fraction of sp³-hybridized carbons (Fsp3) is 0.308. The Morgan fingerprint density at radius 3 is 2.65 bits per heavy atom. The average molecular weight is 462 g/mol. The molecule has 0 saturated carbocycles. The van der Waals surface area contributed by atoms with E-state index in [4.69, 9.17) is 10.5 Å². The number of primary amides is 1. The summed E-state index contributed by atoms with van der Waals surface area (Å²) in [6.45, 7) is 3.72. The number of amides is 1. The number of ether oxygens (including phenoxy) is 1. The van der Waals surface area contributed by atoms with Gasteiger partial charge in [-0.1, -0.05) is 36.4 Å². The first-order valence-electron chi connectivity index (χ1n) is 11.6. The largest absolute Gasteiger partial charge is 0.492 e. The van der Waals surface area contributed by atoms with Gasteiger partial charge in [-0.2, -0.15) is 0 Å². The van der Waals surface area contributed by atoms with Crippen LogP contribution in [0.15, 0.2) is 66.9 Å². The normalized spacial score (nSPS) is 14.5. The molecule has 0 spiro atoms. The number of nitrogens with one attached hydrogen (secondary N) is 2. The number of aromatic nitrogens is 1. The zero-order valence-corrected chi connectivity index (χ0v) is 19.1. The van der Waals surface area contributed by atoms with Crippen LogP contribution in [0.2, 0.25) is 0 Å². The van der Waals surface area contributed by atoms with Crippen LogP contribution in [-0.4, -0.2) is 53.7 Å². The summed E-state index contributed by atoms with van der Waals surface area (Å²) in [5.41, 5.74) is 8.01. The van der Waals surface area contributed by atoms with Crippen LogP contribution >= 0.6 is 0 Å². The summed E-state index contributed by atoms with van der Waals surface area (Å²) in [4.78, 5) is 18.7. The predicted molar refractivity (Wildman–Crippen MR) is 134 cm³/mol. The van der Waals surface area contributed by atoms with Gasteiger partial charge in [0, 0.05) is 30.6 Å². The molecule has 1 fully saturated rings. The van der Waals surface area contributed by atoms with Gasteiger partial charge in [-0.3, -0.25) is 9.69 Å². The summed E-state index contributed by atoms with van der Waals surface area (Å²) in [5.74, 6) is 0.715. The Morgan fingerprint density at radius 1 is 1.12 bits per heavy atom. The molecular formula is C26H31N5O3. The molecule has 8 heteroatoms. The van der Waals surface area contributed by atoms with E-state index < -0.39 is 11.9 Å². The topological polar surface area (TPSA) is 113 Å². The van der Waals surface area contributed by atoms with Crippen molar-refractivity contribution in [2.45, 2.75) is 18.9 Å². The molecule has 1 aliphatic heterocycles. The molecule has 0 radical (unpaired) electrons. The number of rotatable bonds is 11. The van der Waals surface area contributed by atoms with Gasteiger partial charge in [-0.25, -0.2) is 4.98 Å². The molecule has 3 aromatic rings. The molecule has 178 valence electrons. The molecule has 1 saturated heterocycles. The molecule has 8 nitrogen and oxygen atoms in total. The minimum atomic E-state index is -0.597. The van der Waals surface area contributed by atoms with Gasteiger partial charge in [0.2, 0.25) is 0 Å². The first-order chi connectivity index (χ1) is 16.6. The molecule has 1 unspecified atom stereocenters. The van der Waals surface area contributed by atoms with Gasteiger partial charge in [0.15, 0.2) is 0 Å². The number of pyridine rings is 1. The average Bonchev–Trinajstić information content (AvgIpc) is 3.37. The number of anilines is 3. The number of nitrogens with two attached hydrogens (primary N) is 1. The van der Waals surface area contributed by atoms with Gasteiger partial charge >= 0.3 is 0 Å². The maximum Gasteiger partial charge on any atom is 0.252 e. The molecule has 2 heterocycles. The highest BCUT2D eigenvalue weighted by molar-refractivity contribution is 5.98. The van der Waals surface area contributed by atoms with Crippen LogP contribution in [0.4, 0.5) is 17.2 Å². The smallest absolute Gasteiger partial charge is 0.252 e. The first-order valence-corrected chi connectivity index (χ1v) is 11.6. The van der Waals surface area contributed by atoms with Crippen molar-refractivity contribution in [1.29, 1.82) is 0 Å². The number of carbonyl (C=O) groups excluding carboxylic acids is 1. The third-order valence-electron chi connectivity index (χ3n) is 5.87. The second kappa shape index (κ2) is 11.5. The highest BCUT2D eigenvalue weighted by Gasteiger charge is 2.16. The van der Waals surface area contributed by atoms with Crippen molar-refractivity contribution < 1.29 is 14.6 Å². The number of aliphatic hydroxyl groups excluding tert-OH is 1. The van der Waals surface area contributed by atoms with Gasteiger partial charge in [-0.15, -0.1) is 0 Å². The van der Waals surface area contributed by atoms with Crippen LogP contribution < -0.4 is 21.1 Å². The third kappa shape index (κ3) is 6.24. The van der Waals surface area contributed by atoms with Gasteiger partial charge in [0.25, 0.3) is 5.91 Å². The Kier molecular flexibility index (Phi) is 7.95. The number of aliphatic hydroxyl groups is 1. The second-order valence-electron chi connectivity index (χ2n) is 8.32. The molecule has 1 aromatic heterocycles. The predicted octanol–water partition coefficient (Wildman–Crippen LogP) is 3.54. The zero-order valence-electron chi connectivity index (χ0n) is 19.1. The monoisotopic (exact) mass is 461 g/mol. The Hall–Kier alpha value is -3.62. The standard InChI is InChI=1S/C26H31N5O3/c27-26(33)22-17-28-25(16-23(22)30-24(18-32)19-7-2-1-3-8-19)29-20-9-6-10-21(15-20)34-14-13-31-11-4-5-12-31/h1-3,6-10,15-17,24,32H,4-5,11-14,18H2,(H2,27,33)(H2,28,29,30). The molecule has 1 aliphatic rings. The zero-order chi connectivity index (χ0) is 23.8. The van der Waals surface area contributed by atoms with Crippen LogP contribution in [0.3, 0.4) is 0 Å². The molecule has 1 atom stereocenters. The molecule has 4 rings (SSSR count). The lowest BCUT2D eigenvalue weighted by Gasteiger charge is -2.20. The summed E-state index contributed by atoms with van der Waals surface area (Å²) in [7, 11) is 0. The summed E-state index contributed by atoms with van der Waals surface area (Å²) >= 11 is 0. The van der Waals surface area contributed by atoms with E-state index in [0.29, 0.717) is 18.1 Å². The summed E-state index contributed by atoms with van der Waals surface area (Å²) in [6, 6.07) is 18.5. The van der Waals surface area contributed by atoms with Crippen molar-refractivity contribution in [3.63, 3.8) is 0 Å². The van der Waals surface area contributed by atoms with E-state index in [-0.39, 0.29) is 12.2 Å². The Balaban J connectivity index is 1.46. The lowest BCUT2D eigenvalue weighted by atomic mass is 10.1. The minimum Gasteiger partial charge on any atom is -0.492 e.